The molecule has 0 aliphatic heterocycles. The first-order valence-corrected chi connectivity index (χ1v) is 10.2. The van der Waals surface area contributed by atoms with Crippen molar-refractivity contribution in [3.05, 3.63) is 17.6 Å². The number of aromatic nitrogens is 2. The van der Waals surface area contributed by atoms with Crippen LogP contribution in [0.25, 0.3) is 0 Å². The van der Waals surface area contributed by atoms with Crippen molar-refractivity contribution in [2.75, 3.05) is 19.0 Å². The van der Waals surface area contributed by atoms with E-state index in [2.05, 4.69) is 15.3 Å². The van der Waals surface area contributed by atoms with Crippen LogP contribution < -0.4 is 11.1 Å². The highest BCUT2D eigenvalue weighted by Crippen LogP contribution is 2.29. The highest BCUT2D eigenvalue weighted by atomic mass is 16.5. The van der Waals surface area contributed by atoms with Crippen molar-refractivity contribution in [3.63, 3.8) is 0 Å². The first kappa shape index (κ1) is 20.0. The summed E-state index contributed by atoms with van der Waals surface area (Å²) in [6.07, 6.45) is 10.5. The van der Waals surface area contributed by atoms with Crippen LogP contribution in [0.2, 0.25) is 0 Å². The van der Waals surface area contributed by atoms with E-state index in [1.807, 2.05) is 6.92 Å². The molecule has 0 aromatic carbocycles. The molecule has 1 aromatic heterocycles. The maximum Gasteiger partial charge on any atom is 0.254 e. The second-order valence-electron chi connectivity index (χ2n) is 7.67. The van der Waals surface area contributed by atoms with Crippen molar-refractivity contribution in [2.24, 2.45) is 11.7 Å². The van der Waals surface area contributed by atoms with Gasteiger partial charge in [-0.1, -0.05) is 0 Å². The van der Waals surface area contributed by atoms with Gasteiger partial charge >= 0.3 is 0 Å². The van der Waals surface area contributed by atoms with E-state index in [0.717, 1.165) is 63.8 Å². The minimum absolute atomic E-state index is 0.137. The molecular formula is C20H32N4O3. The Morgan fingerprint density at radius 2 is 2.04 bits per heavy atom. The van der Waals surface area contributed by atoms with E-state index in [1.54, 1.807) is 13.3 Å². The van der Waals surface area contributed by atoms with Gasteiger partial charge in [-0.3, -0.25) is 4.79 Å². The molecule has 0 bridgehead atoms. The standard InChI is InChI=1S/C20H32N4O3/c1-3-27-14-9-7-13(8-10-14)11-18-22-12-15(19(21)25)20(24-18)23-16-5-4-6-17(16)26-2/h12-14,16-17H,3-11H2,1-2H3,(H2,21,25)(H,22,23,24)/t13?,14?,16-,17-/m0/s1. The number of nitrogens with zero attached hydrogens (tertiary/aromatic N) is 2. The number of nitrogens with two attached hydrogens (primary N) is 1. The van der Waals surface area contributed by atoms with Gasteiger partial charge in [-0.05, 0) is 57.8 Å². The number of anilines is 1. The molecule has 0 radical (unpaired) electrons. The molecule has 0 unspecified atom stereocenters. The molecule has 2 aliphatic carbocycles. The lowest BCUT2D eigenvalue weighted by Gasteiger charge is -2.28. The van der Waals surface area contributed by atoms with Crippen LogP contribution in [0, 0.1) is 5.92 Å². The fourth-order valence-electron chi connectivity index (χ4n) is 4.35. The minimum Gasteiger partial charge on any atom is -0.379 e. The van der Waals surface area contributed by atoms with Crippen molar-refractivity contribution < 1.29 is 14.3 Å². The number of rotatable bonds is 8. The molecule has 2 atom stereocenters. The number of carbonyl (C=O) groups is 1. The van der Waals surface area contributed by atoms with Gasteiger partial charge in [0.05, 0.1) is 23.8 Å². The Labute approximate surface area is 161 Å². The van der Waals surface area contributed by atoms with Crippen molar-refractivity contribution in [1.82, 2.24) is 9.97 Å². The lowest BCUT2D eigenvalue weighted by molar-refractivity contribution is 0.0255. The Morgan fingerprint density at radius 3 is 2.70 bits per heavy atom. The van der Waals surface area contributed by atoms with Gasteiger partial charge in [0, 0.05) is 26.3 Å². The Bertz CT molecular complexity index is 632. The molecule has 2 fully saturated rings. The number of nitrogens with one attached hydrogen (secondary N) is 1. The summed E-state index contributed by atoms with van der Waals surface area (Å²) in [5, 5.41) is 3.40. The predicted molar refractivity (Wildman–Crippen MR) is 104 cm³/mol. The zero-order valence-electron chi connectivity index (χ0n) is 16.4. The van der Waals surface area contributed by atoms with Crippen LogP contribution in [-0.2, 0) is 15.9 Å². The van der Waals surface area contributed by atoms with Crippen LogP contribution in [0.15, 0.2) is 6.20 Å². The van der Waals surface area contributed by atoms with E-state index in [1.165, 1.54) is 0 Å². The average Bonchev–Trinajstić information content (AvgIpc) is 3.11. The van der Waals surface area contributed by atoms with E-state index in [-0.39, 0.29) is 12.1 Å². The Morgan fingerprint density at radius 1 is 1.26 bits per heavy atom. The second-order valence-corrected chi connectivity index (χ2v) is 7.67. The van der Waals surface area contributed by atoms with E-state index in [9.17, 15) is 4.79 Å². The molecule has 7 nitrogen and oxygen atoms in total. The first-order chi connectivity index (χ1) is 13.1. The van der Waals surface area contributed by atoms with Gasteiger partial charge in [-0.15, -0.1) is 0 Å². The molecule has 0 spiro atoms. The lowest BCUT2D eigenvalue weighted by Crippen LogP contribution is -2.31. The van der Waals surface area contributed by atoms with Gasteiger partial charge in [0.1, 0.15) is 11.6 Å². The predicted octanol–water partition coefficient (Wildman–Crippen LogP) is 2.69. The minimum atomic E-state index is -0.506. The molecule has 2 aliphatic rings. The topological polar surface area (TPSA) is 99.4 Å². The summed E-state index contributed by atoms with van der Waals surface area (Å²) in [4.78, 5) is 20.9. The first-order valence-electron chi connectivity index (χ1n) is 10.2. The van der Waals surface area contributed by atoms with Crippen molar-refractivity contribution in [2.45, 2.75) is 76.5 Å². The third-order valence-corrected chi connectivity index (χ3v) is 5.85. The summed E-state index contributed by atoms with van der Waals surface area (Å²) in [5.41, 5.74) is 5.88. The van der Waals surface area contributed by atoms with E-state index >= 15 is 0 Å². The highest BCUT2D eigenvalue weighted by Gasteiger charge is 2.29. The van der Waals surface area contributed by atoms with Gasteiger partial charge in [-0.2, -0.15) is 0 Å². The number of carbonyl (C=O) groups excluding carboxylic acids is 1. The van der Waals surface area contributed by atoms with Gasteiger partial charge < -0.3 is 20.5 Å². The summed E-state index contributed by atoms with van der Waals surface area (Å²) in [5.74, 6) is 1.37. The molecule has 150 valence electrons. The van der Waals surface area contributed by atoms with Gasteiger partial charge in [-0.25, -0.2) is 9.97 Å². The number of methoxy groups -OCH3 is 1. The zero-order chi connectivity index (χ0) is 19.2. The van der Waals surface area contributed by atoms with Crippen LogP contribution in [0.5, 0.6) is 0 Å². The van der Waals surface area contributed by atoms with Crippen LogP contribution in [0.4, 0.5) is 5.82 Å². The van der Waals surface area contributed by atoms with Gasteiger partial charge in [0.25, 0.3) is 5.91 Å². The molecule has 3 N–H and O–H groups in total. The SMILES string of the molecule is CCOC1CCC(Cc2ncc(C(N)=O)c(N[C@H]3CCC[C@@H]3OC)n2)CC1. The summed E-state index contributed by atoms with van der Waals surface area (Å²) in [7, 11) is 1.73. The molecule has 3 rings (SSSR count). The van der Waals surface area contributed by atoms with Crippen molar-refractivity contribution in [3.8, 4) is 0 Å². The monoisotopic (exact) mass is 376 g/mol. The van der Waals surface area contributed by atoms with E-state index < -0.39 is 5.91 Å². The fraction of sp³-hybridized carbons (Fsp3) is 0.750. The van der Waals surface area contributed by atoms with Gasteiger partial charge in [0.2, 0.25) is 0 Å². The van der Waals surface area contributed by atoms with Crippen LogP contribution in [-0.4, -0.2) is 47.8 Å². The molecule has 0 saturated heterocycles. The Balaban J connectivity index is 1.67. The Kier molecular flexibility index (Phi) is 7.01. The number of hydrogen-bond donors (Lipinski definition) is 2. The number of amides is 1. The lowest BCUT2D eigenvalue weighted by atomic mass is 9.85. The smallest absolute Gasteiger partial charge is 0.254 e. The average molecular weight is 377 g/mol. The third kappa shape index (κ3) is 5.17. The maximum atomic E-state index is 11.8. The molecule has 7 heteroatoms. The Hall–Kier alpha value is -1.73. The van der Waals surface area contributed by atoms with Crippen LogP contribution in [0.3, 0.4) is 0 Å². The van der Waals surface area contributed by atoms with E-state index in [0.29, 0.717) is 23.4 Å². The molecule has 27 heavy (non-hydrogen) atoms. The summed E-state index contributed by atoms with van der Waals surface area (Å²) in [6.45, 7) is 2.83. The number of hydrogen-bond acceptors (Lipinski definition) is 6. The quantitative estimate of drug-likeness (QED) is 0.724. The van der Waals surface area contributed by atoms with E-state index in [4.69, 9.17) is 15.2 Å². The molecular weight excluding hydrogens is 344 g/mol. The summed E-state index contributed by atoms with van der Waals surface area (Å²) in [6, 6.07) is 0.150. The third-order valence-electron chi connectivity index (χ3n) is 5.85. The maximum absolute atomic E-state index is 11.8. The molecule has 1 amide bonds. The van der Waals surface area contributed by atoms with Crippen LogP contribution in [0.1, 0.15) is 68.1 Å². The molecule has 1 heterocycles. The van der Waals surface area contributed by atoms with Crippen molar-refractivity contribution in [1.29, 1.82) is 0 Å². The van der Waals surface area contributed by atoms with Crippen molar-refractivity contribution >= 4 is 11.7 Å². The summed E-state index contributed by atoms with van der Waals surface area (Å²) >= 11 is 0. The second kappa shape index (κ2) is 9.46. The molecule has 1 aromatic rings. The highest BCUT2D eigenvalue weighted by molar-refractivity contribution is 5.97. The molecule has 2 saturated carbocycles. The fourth-order valence-corrected chi connectivity index (χ4v) is 4.35. The number of ether oxygens (including phenoxy) is 2. The normalized spacial score (nSPS) is 28.2. The van der Waals surface area contributed by atoms with Gasteiger partial charge in [0.15, 0.2) is 0 Å². The number of primary amides is 1. The summed E-state index contributed by atoms with van der Waals surface area (Å²) < 4.78 is 11.3. The van der Waals surface area contributed by atoms with Crippen LogP contribution >= 0.6 is 0 Å². The largest absolute Gasteiger partial charge is 0.379 e. The zero-order valence-corrected chi connectivity index (χ0v) is 16.4.